The molecule has 50 valence electrons. The van der Waals surface area contributed by atoms with Gasteiger partial charge in [0.1, 0.15) is 0 Å². The molecule has 0 aromatic rings. The van der Waals surface area contributed by atoms with E-state index in [0.29, 0.717) is 0 Å². The van der Waals surface area contributed by atoms with Gasteiger partial charge in [0.25, 0.3) is 0 Å². The maximum atomic E-state index is 3.63. The highest BCUT2D eigenvalue weighted by Gasteiger charge is 1.77. The lowest BCUT2D eigenvalue weighted by Crippen LogP contribution is -1.67. The minimum atomic E-state index is 0. The summed E-state index contributed by atoms with van der Waals surface area (Å²) in [5.74, 6) is 0. The van der Waals surface area contributed by atoms with Crippen LogP contribution in [0.5, 0.6) is 0 Å². The first-order chi connectivity index (χ1) is 3.41. The zero-order chi connectivity index (χ0) is 5.54. The van der Waals surface area contributed by atoms with E-state index in [1.807, 2.05) is 6.08 Å². The van der Waals surface area contributed by atoms with E-state index in [1.165, 1.54) is 25.7 Å². The van der Waals surface area contributed by atoms with Crippen molar-refractivity contribution in [2.75, 3.05) is 0 Å². The molecule has 0 bridgehead atoms. The second-order valence-electron chi connectivity index (χ2n) is 1.78. The Morgan fingerprint density at radius 2 is 2.00 bits per heavy atom. The van der Waals surface area contributed by atoms with Gasteiger partial charge in [0.05, 0.1) is 0 Å². The lowest BCUT2D eigenvalue weighted by molar-refractivity contribution is 0.730. The lowest BCUT2D eigenvalue weighted by Gasteiger charge is -1.87. The highest BCUT2D eigenvalue weighted by atomic mass is 79.9. The van der Waals surface area contributed by atoms with Crippen molar-refractivity contribution in [2.45, 2.75) is 32.6 Å². The monoisotopic (exact) mass is 178 g/mol. The molecule has 0 rings (SSSR count). The molecule has 0 aromatic carbocycles. The molecule has 0 aromatic heterocycles. The van der Waals surface area contributed by atoms with Crippen molar-refractivity contribution < 1.29 is 0 Å². The number of hydrogen-bond donors (Lipinski definition) is 0. The quantitative estimate of drug-likeness (QED) is 0.458. The minimum Gasteiger partial charge on any atom is -0.114 e. The maximum Gasteiger partial charge on any atom is -0.0353 e. The van der Waals surface area contributed by atoms with Crippen LogP contribution < -0.4 is 0 Å². The van der Waals surface area contributed by atoms with Crippen LogP contribution in [-0.2, 0) is 0 Å². The molecule has 0 nitrogen and oxygen atoms in total. The number of rotatable bonds is 4. The fourth-order valence-corrected chi connectivity index (χ4v) is 0.539. The Morgan fingerprint density at radius 1 is 1.38 bits per heavy atom. The van der Waals surface area contributed by atoms with Crippen molar-refractivity contribution in [2.24, 2.45) is 0 Å². The van der Waals surface area contributed by atoms with Crippen molar-refractivity contribution in [1.29, 1.82) is 0 Å². The Bertz CT molecular complexity index is 41.7. The van der Waals surface area contributed by atoms with Gasteiger partial charge < -0.3 is 0 Å². The first-order valence-electron chi connectivity index (χ1n) is 3.02. The van der Waals surface area contributed by atoms with Gasteiger partial charge in [0, 0.05) is 0 Å². The molecule has 0 heterocycles. The molecule has 0 aliphatic rings. The Balaban J connectivity index is 0. The van der Waals surface area contributed by atoms with E-state index in [9.17, 15) is 0 Å². The van der Waals surface area contributed by atoms with Crippen molar-refractivity contribution in [3.05, 3.63) is 12.7 Å². The number of halogens is 1. The fraction of sp³-hybridized carbons (Fsp3) is 0.714. The molecule has 0 atom stereocenters. The molecule has 0 aliphatic heterocycles. The standard InChI is InChI=1S/C7H14.BrH/c1-3-5-7-6-4-2;/h3H,1,4-7H2,2H3;1H. The van der Waals surface area contributed by atoms with Crippen molar-refractivity contribution in [3.8, 4) is 0 Å². The molecule has 0 aliphatic carbocycles. The van der Waals surface area contributed by atoms with Crippen molar-refractivity contribution >= 4 is 17.0 Å². The molecule has 0 radical (unpaired) electrons. The average Bonchev–Trinajstić information content (AvgIpc) is 1.69. The van der Waals surface area contributed by atoms with Crippen LogP contribution in [0.3, 0.4) is 0 Å². The topological polar surface area (TPSA) is 0 Å². The molecule has 0 fully saturated rings. The van der Waals surface area contributed by atoms with Gasteiger partial charge in [-0.05, 0) is 12.8 Å². The van der Waals surface area contributed by atoms with Crippen LogP contribution in [0.25, 0.3) is 0 Å². The SMILES string of the molecule is Br.C=CCCCCC. The summed E-state index contributed by atoms with van der Waals surface area (Å²) in [6.07, 6.45) is 7.16. The summed E-state index contributed by atoms with van der Waals surface area (Å²) in [7, 11) is 0. The second-order valence-corrected chi connectivity index (χ2v) is 1.78. The van der Waals surface area contributed by atoms with Crippen LogP contribution in [0.15, 0.2) is 12.7 Å². The van der Waals surface area contributed by atoms with Crippen molar-refractivity contribution in [3.63, 3.8) is 0 Å². The molecular formula is C7H15Br. The van der Waals surface area contributed by atoms with Gasteiger partial charge in [-0.3, -0.25) is 0 Å². The van der Waals surface area contributed by atoms with E-state index in [2.05, 4.69) is 13.5 Å². The Hall–Kier alpha value is 0.220. The zero-order valence-electron chi connectivity index (χ0n) is 5.52. The van der Waals surface area contributed by atoms with E-state index in [-0.39, 0.29) is 17.0 Å². The van der Waals surface area contributed by atoms with E-state index in [1.54, 1.807) is 0 Å². The summed E-state index contributed by atoms with van der Waals surface area (Å²) in [6, 6.07) is 0. The molecule has 0 spiro atoms. The number of hydrogen-bond acceptors (Lipinski definition) is 0. The van der Waals surface area contributed by atoms with Gasteiger partial charge in [-0.1, -0.05) is 25.8 Å². The van der Waals surface area contributed by atoms with E-state index >= 15 is 0 Å². The molecule has 0 saturated carbocycles. The molecule has 0 N–H and O–H groups in total. The number of allylic oxidation sites excluding steroid dienone is 1. The van der Waals surface area contributed by atoms with Crippen LogP contribution in [-0.4, -0.2) is 0 Å². The first kappa shape index (κ1) is 11.1. The maximum absolute atomic E-state index is 3.63. The third kappa shape index (κ3) is 9.52. The van der Waals surface area contributed by atoms with E-state index in [0.717, 1.165) is 0 Å². The molecule has 8 heavy (non-hydrogen) atoms. The van der Waals surface area contributed by atoms with Gasteiger partial charge in [0.15, 0.2) is 0 Å². The summed E-state index contributed by atoms with van der Waals surface area (Å²) >= 11 is 0. The largest absolute Gasteiger partial charge is 0.114 e. The fourth-order valence-electron chi connectivity index (χ4n) is 0.539. The zero-order valence-corrected chi connectivity index (χ0v) is 7.23. The molecule has 0 saturated heterocycles. The van der Waals surface area contributed by atoms with E-state index < -0.39 is 0 Å². The van der Waals surface area contributed by atoms with Gasteiger partial charge in [-0.15, -0.1) is 23.6 Å². The van der Waals surface area contributed by atoms with Gasteiger partial charge in [0.2, 0.25) is 0 Å². The smallest absolute Gasteiger partial charge is 0.0353 e. The second kappa shape index (κ2) is 10.3. The summed E-state index contributed by atoms with van der Waals surface area (Å²) in [5.41, 5.74) is 0. The third-order valence-electron chi connectivity index (χ3n) is 1.01. The summed E-state index contributed by atoms with van der Waals surface area (Å²) in [4.78, 5) is 0. The highest BCUT2D eigenvalue weighted by molar-refractivity contribution is 8.93. The first-order valence-corrected chi connectivity index (χ1v) is 3.02. The third-order valence-corrected chi connectivity index (χ3v) is 1.01. The summed E-state index contributed by atoms with van der Waals surface area (Å²) in [5, 5.41) is 0. The molecule has 0 amide bonds. The normalized spacial score (nSPS) is 7.62. The highest BCUT2D eigenvalue weighted by Crippen LogP contribution is 1.97. The van der Waals surface area contributed by atoms with Gasteiger partial charge in [-0.2, -0.15) is 0 Å². The Labute approximate surface area is 62.8 Å². The Morgan fingerprint density at radius 3 is 2.38 bits per heavy atom. The van der Waals surface area contributed by atoms with Crippen LogP contribution in [0.1, 0.15) is 32.6 Å². The minimum absolute atomic E-state index is 0. The molecular weight excluding hydrogens is 164 g/mol. The lowest BCUT2D eigenvalue weighted by atomic mass is 10.2. The van der Waals surface area contributed by atoms with E-state index in [4.69, 9.17) is 0 Å². The molecule has 1 heteroatoms. The van der Waals surface area contributed by atoms with Gasteiger partial charge in [-0.25, -0.2) is 0 Å². The van der Waals surface area contributed by atoms with Gasteiger partial charge >= 0.3 is 0 Å². The van der Waals surface area contributed by atoms with Crippen LogP contribution in [0.4, 0.5) is 0 Å². The number of unbranched alkanes of at least 4 members (excludes halogenated alkanes) is 3. The van der Waals surface area contributed by atoms with Crippen LogP contribution in [0, 0.1) is 0 Å². The van der Waals surface area contributed by atoms with Crippen molar-refractivity contribution in [1.82, 2.24) is 0 Å². The predicted octanol–water partition coefficient (Wildman–Crippen LogP) is 3.33. The van der Waals surface area contributed by atoms with Crippen LogP contribution >= 0.6 is 17.0 Å². The Kier molecular flexibility index (Phi) is 14.2. The summed E-state index contributed by atoms with van der Waals surface area (Å²) < 4.78 is 0. The van der Waals surface area contributed by atoms with Crippen LogP contribution in [0.2, 0.25) is 0 Å². The summed E-state index contributed by atoms with van der Waals surface area (Å²) in [6.45, 7) is 5.84. The average molecular weight is 179 g/mol. The predicted molar refractivity (Wildman–Crippen MR) is 44.7 cm³/mol. The molecule has 0 unspecified atom stereocenters.